The van der Waals surface area contributed by atoms with Crippen molar-refractivity contribution in [2.45, 2.75) is 52.0 Å². The predicted molar refractivity (Wildman–Crippen MR) is 137 cm³/mol. The molecule has 0 aliphatic carbocycles. The number of rotatable bonds is 6. The molecule has 1 aliphatic heterocycles. The number of urea groups is 1. The Morgan fingerprint density at radius 3 is 2.55 bits per heavy atom. The van der Waals surface area contributed by atoms with E-state index in [1.54, 1.807) is 19.5 Å². The highest BCUT2D eigenvalue weighted by atomic mass is 35.5. The second-order valence-electron chi connectivity index (χ2n) is 9.14. The first-order valence-corrected chi connectivity index (χ1v) is 10.9. The molecule has 1 aromatic carbocycles. The second-order valence-corrected chi connectivity index (χ2v) is 9.14. The van der Waals surface area contributed by atoms with E-state index < -0.39 is 0 Å². The molecular weight excluding hydrogens is 463 g/mol. The van der Waals surface area contributed by atoms with Crippen LogP contribution in [0.2, 0.25) is 0 Å². The smallest absolute Gasteiger partial charge is 0.319 e. The Kier molecular flexibility index (Phi) is 11.2. The number of aromatic nitrogens is 1. The molecule has 2 amide bonds. The normalized spacial score (nSPS) is 13.9. The van der Waals surface area contributed by atoms with Crippen LogP contribution in [0.3, 0.4) is 0 Å². The Morgan fingerprint density at radius 2 is 1.97 bits per heavy atom. The molecule has 33 heavy (non-hydrogen) atoms. The number of phenols is 1. The van der Waals surface area contributed by atoms with Gasteiger partial charge in [0.1, 0.15) is 11.5 Å². The lowest BCUT2D eigenvalue weighted by molar-refractivity contribution is 0.251. The Morgan fingerprint density at radius 1 is 1.27 bits per heavy atom. The van der Waals surface area contributed by atoms with Gasteiger partial charge in [0.15, 0.2) is 0 Å². The Hall–Kier alpha value is -2.22. The van der Waals surface area contributed by atoms with E-state index >= 15 is 0 Å². The third-order valence-corrected chi connectivity index (χ3v) is 5.76. The van der Waals surface area contributed by atoms with Crippen molar-refractivity contribution in [2.75, 3.05) is 25.5 Å². The summed E-state index contributed by atoms with van der Waals surface area (Å²) in [4.78, 5) is 16.8. The molecule has 1 aliphatic rings. The third kappa shape index (κ3) is 7.66. The summed E-state index contributed by atoms with van der Waals surface area (Å²) in [5.74, 6) is 1.27. The lowest BCUT2D eigenvalue weighted by Gasteiger charge is -2.28. The van der Waals surface area contributed by atoms with Crippen molar-refractivity contribution in [1.29, 1.82) is 0 Å². The SMILES string of the molecule is COc1cc(C(C)(C)C)c(O)c(NC(=O)NCc2cccnc2)c1CC1CCNCC1.Cl.Cl. The van der Waals surface area contributed by atoms with E-state index in [1.165, 1.54) is 0 Å². The molecule has 0 bridgehead atoms. The summed E-state index contributed by atoms with van der Waals surface area (Å²) in [7, 11) is 1.64. The minimum absolute atomic E-state index is 0. The lowest BCUT2D eigenvalue weighted by atomic mass is 9.83. The molecule has 9 heteroatoms. The number of phenolic OH excluding ortho intramolecular Hbond substituents is 1. The van der Waals surface area contributed by atoms with E-state index in [9.17, 15) is 9.90 Å². The van der Waals surface area contributed by atoms with Crippen LogP contribution in [0.15, 0.2) is 30.6 Å². The van der Waals surface area contributed by atoms with Gasteiger partial charge in [-0.25, -0.2) is 4.79 Å². The summed E-state index contributed by atoms with van der Waals surface area (Å²) in [6.07, 6.45) is 6.25. The summed E-state index contributed by atoms with van der Waals surface area (Å²) in [5, 5.41) is 20.3. The molecule has 3 rings (SSSR count). The fourth-order valence-electron chi connectivity index (χ4n) is 4.00. The summed E-state index contributed by atoms with van der Waals surface area (Å²) < 4.78 is 5.72. The van der Waals surface area contributed by atoms with Gasteiger partial charge in [-0.05, 0) is 61.4 Å². The number of piperidine rings is 1. The topological polar surface area (TPSA) is 95.5 Å². The van der Waals surface area contributed by atoms with Crippen molar-refractivity contribution in [1.82, 2.24) is 15.6 Å². The monoisotopic (exact) mass is 498 g/mol. The van der Waals surface area contributed by atoms with Crippen LogP contribution in [-0.2, 0) is 18.4 Å². The number of nitrogens with one attached hydrogen (secondary N) is 3. The average molecular weight is 499 g/mol. The second kappa shape index (κ2) is 12.9. The predicted octanol–water partition coefficient (Wildman–Crippen LogP) is 4.80. The van der Waals surface area contributed by atoms with Gasteiger partial charge in [0, 0.05) is 30.1 Å². The van der Waals surface area contributed by atoms with Gasteiger partial charge in [-0.1, -0.05) is 26.8 Å². The molecule has 1 fully saturated rings. The van der Waals surface area contributed by atoms with Crippen LogP contribution in [-0.4, -0.2) is 36.3 Å². The highest BCUT2D eigenvalue weighted by Gasteiger charge is 2.28. The number of hydrogen-bond acceptors (Lipinski definition) is 5. The van der Waals surface area contributed by atoms with Crippen molar-refractivity contribution < 1.29 is 14.6 Å². The zero-order valence-corrected chi connectivity index (χ0v) is 21.4. The van der Waals surface area contributed by atoms with Gasteiger partial charge < -0.3 is 25.8 Å². The van der Waals surface area contributed by atoms with Gasteiger partial charge in [0.2, 0.25) is 0 Å². The molecule has 1 saturated heterocycles. The van der Waals surface area contributed by atoms with Crippen LogP contribution in [0.5, 0.6) is 11.5 Å². The quantitative estimate of drug-likeness (QED) is 0.429. The fourth-order valence-corrected chi connectivity index (χ4v) is 4.00. The number of carbonyl (C=O) groups is 1. The maximum absolute atomic E-state index is 12.7. The molecule has 184 valence electrons. The molecule has 0 atom stereocenters. The molecular formula is C24H36Cl2N4O3. The zero-order chi connectivity index (χ0) is 22.4. The maximum Gasteiger partial charge on any atom is 0.319 e. The number of halogens is 2. The Bertz CT molecular complexity index is 899. The minimum Gasteiger partial charge on any atom is -0.505 e. The molecule has 2 aromatic rings. The number of benzene rings is 1. The van der Waals surface area contributed by atoms with Crippen molar-refractivity contribution in [3.05, 3.63) is 47.3 Å². The van der Waals surface area contributed by atoms with Crippen LogP contribution in [0.25, 0.3) is 0 Å². The first-order valence-electron chi connectivity index (χ1n) is 10.9. The summed E-state index contributed by atoms with van der Waals surface area (Å²) in [6, 6.07) is 5.26. The first kappa shape index (κ1) is 28.8. The zero-order valence-electron chi connectivity index (χ0n) is 19.7. The fraction of sp³-hybridized carbons (Fsp3) is 0.500. The van der Waals surface area contributed by atoms with E-state index in [-0.39, 0.29) is 42.0 Å². The number of hydrogen-bond donors (Lipinski definition) is 4. The summed E-state index contributed by atoms with van der Waals surface area (Å²) >= 11 is 0. The number of pyridine rings is 1. The van der Waals surface area contributed by atoms with Crippen LogP contribution in [0.1, 0.15) is 50.3 Å². The molecule has 0 unspecified atom stereocenters. The number of ether oxygens (including phenoxy) is 1. The molecule has 0 saturated carbocycles. The number of amides is 2. The standard InChI is InChI=1S/C24H34N4O3.2ClH/c1-24(2,3)19-13-20(31-4)18(12-16-7-10-25-11-8-16)21(22(19)29)28-23(30)27-15-17-6-5-9-26-14-17;;/h5-6,9,13-14,16,25,29H,7-8,10-12,15H2,1-4H3,(H2,27,28,30);2*1H. The number of nitrogens with zero attached hydrogens (tertiary/aromatic N) is 1. The van der Waals surface area contributed by atoms with E-state index in [1.807, 2.05) is 39.0 Å². The average Bonchev–Trinajstić information content (AvgIpc) is 2.75. The highest BCUT2D eigenvalue weighted by molar-refractivity contribution is 5.93. The van der Waals surface area contributed by atoms with Crippen molar-refractivity contribution in [3.63, 3.8) is 0 Å². The summed E-state index contributed by atoms with van der Waals surface area (Å²) in [5.41, 5.74) is 2.61. The van der Waals surface area contributed by atoms with Crippen LogP contribution >= 0.6 is 24.8 Å². The first-order chi connectivity index (χ1) is 14.8. The largest absolute Gasteiger partial charge is 0.505 e. The maximum atomic E-state index is 12.7. The highest BCUT2D eigenvalue weighted by Crippen LogP contribution is 2.44. The van der Waals surface area contributed by atoms with Crippen molar-refractivity contribution in [2.24, 2.45) is 5.92 Å². The lowest BCUT2D eigenvalue weighted by Crippen LogP contribution is -2.30. The van der Waals surface area contributed by atoms with E-state index in [0.717, 1.165) is 49.0 Å². The Balaban J connectivity index is 0.00000272. The van der Waals surface area contributed by atoms with Crippen molar-refractivity contribution in [3.8, 4) is 11.5 Å². The Labute approximate surface area is 208 Å². The molecule has 0 radical (unpaired) electrons. The van der Waals surface area contributed by atoms with Gasteiger partial charge in [-0.15, -0.1) is 24.8 Å². The van der Waals surface area contributed by atoms with Gasteiger partial charge in [-0.3, -0.25) is 4.98 Å². The van der Waals surface area contributed by atoms with Gasteiger partial charge in [0.05, 0.1) is 12.8 Å². The number of carbonyl (C=O) groups excluding carboxylic acids is 1. The van der Waals surface area contributed by atoms with Crippen LogP contribution in [0.4, 0.5) is 10.5 Å². The molecule has 1 aromatic heterocycles. The van der Waals surface area contributed by atoms with Crippen molar-refractivity contribution >= 4 is 36.5 Å². The summed E-state index contributed by atoms with van der Waals surface area (Å²) in [6.45, 7) is 8.39. The number of aromatic hydroxyl groups is 1. The van der Waals surface area contributed by atoms with E-state index in [0.29, 0.717) is 23.9 Å². The van der Waals surface area contributed by atoms with Crippen LogP contribution in [0, 0.1) is 5.92 Å². The van der Waals surface area contributed by atoms with E-state index in [4.69, 9.17) is 4.74 Å². The van der Waals surface area contributed by atoms with Gasteiger partial charge in [0.25, 0.3) is 0 Å². The molecule has 4 N–H and O–H groups in total. The number of methoxy groups -OCH3 is 1. The molecule has 7 nitrogen and oxygen atoms in total. The van der Waals surface area contributed by atoms with Crippen LogP contribution < -0.4 is 20.7 Å². The number of anilines is 1. The minimum atomic E-state index is -0.376. The molecule has 0 spiro atoms. The van der Waals surface area contributed by atoms with Gasteiger partial charge >= 0.3 is 6.03 Å². The molecule has 2 heterocycles. The van der Waals surface area contributed by atoms with E-state index in [2.05, 4.69) is 20.9 Å². The third-order valence-electron chi connectivity index (χ3n) is 5.76. The van der Waals surface area contributed by atoms with Gasteiger partial charge in [-0.2, -0.15) is 0 Å².